The number of esters is 1. The molecule has 0 saturated heterocycles. The number of nitrogens with zero attached hydrogens (tertiary/aromatic N) is 1. The van der Waals surface area contributed by atoms with Crippen LogP contribution in [0.25, 0.3) is 0 Å². The Morgan fingerprint density at radius 1 is 1.22 bits per heavy atom. The SMILES string of the molecule is COC(=O)c1ccoc1CN(C)Cc1ccc(OC(F)F)cc1. The van der Waals surface area contributed by atoms with Crippen LogP contribution in [0.15, 0.2) is 41.0 Å². The summed E-state index contributed by atoms with van der Waals surface area (Å²) in [5.41, 5.74) is 1.31. The molecular weight excluding hydrogens is 308 g/mol. The minimum Gasteiger partial charge on any atom is -0.467 e. The molecule has 2 rings (SSSR count). The third kappa shape index (κ3) is 4.79. The molecule has 0 fully saturated rings. The molecule has 0 aliphatic heterocycles. The first-order valence-electron chi connectivity index (χ1n) is 6.86. The standard InChI is InChI=1S/C16H17F2NO4/c1-19(10-14-13(7-8-22-14)15(20)21-2)9-11-3-5-12(6-4-11)23-16(17)18/h3-8,16H,9-10H2,1-2H3. The van der Waals surface area contributed by atoms with Gasteiger partial charge in [-0.3, -0.25) is 4.90 Å². The number of hydrogen-bond donors (Lipinski definition) is 0. The quantitative estimate of drug-likeness (QED) is 0.731. The molecule has 0 atom stereocenters. The van der Waals surface area contributed by atoms with Crippen molar-refractivity contribution >= 4 is 5.97 Å². The molecule has 0 N–H and O–H groups in total. The molecule has 5 nitrogen and oxygen atoms in total. The molecule has 0 aliphatic carbocycles. The number of hydrogen-bond acceptors (Lipinski definition) is 5. The third-order valence-electron chi connectivity index (χ3n) is 3.17. The van der Waals surface area contributed by atoms with Gasteiger partial charge in [0, 0.05) is 6.54 Å². The monoisotopic (exact) mass is 325 g/mol. The molecule has 0 aliphatic rings. The lowest BCUT2D eigenvalue weighted by Crippen LogP contribution is -2.18. The van der Waals surface area contributed by atoms with Crippen molar-refractivity contribution < 1.29 is 27.5 Å². The Bertz CT molecular complexity index is 640. The van der Waals surface area contributed by atoms with Gasteiger partial charge in [0.1, 0.15) is 17.1 Å². The Hall–Kier alpha value is -2.41. The second-order valence-corrected chi connectivity index (χ2v) is 4.94. The van der Waals surface area contributed by atoms with E-state index in [1.54, 1.807) is 18.2 Å². The lowest BCUT2D eigenvalue weighted by molar-refractivity contribution is -0.0498. The largest absolute Gasteiger partial charge is 0.467 e. The number of methoxy groups -OCH3 is 1. The van der Waals surface area contributed by atoms with Crippen molar-refractivity contribution in [2.75, 3.05) is 14.2 Å². The van der Waals surface area contributed by atoms with Gasteiger partial charge in [0.15, 0.2) is 0 Å². The summed E-state index contributed by atoms with van der Waals surface area (Å²) in [4.78, 5) is 13.5. The molecule has 23 heavy (non-hydrogen) atoms. The molecule has 0 amide bonds. The van der Waals surface area contributed by atoms with Crippen LogP contribution in [0.5, 0.6) is 5.75 Å². The maximum absolute atomic E-state index is 12.1. The highest BCUT2D eigenvalue weighted by molar-refractivity contribution is 5.90. The van der Waals surface area contributed by atoms with Gasteiger partial charge in [-0.15, -0.1) is 0 Å². The summed E-state index contributed by atoms with van der Waals surface area (Å²) in [5, 5.41) is 0. The number of benzene rings is 1. The van der Waals surface area contributed by atoms with Crippen molar-refractivity contribution in [2.24, 2.45) is 0 Å². The van der Waals surface area contributed by atoms with Crippen LogP contribution in [-0.2, 0) is 17.8 Å². The predicted molar refractivity (Wildman–Crippen MR) is 78.3 cm³/mol. The number of carbonyl (C=O) groups excluding carboxylic acids is 1. The normalized spacial score (nSPS) is 11.0. The van der Waals surface area contributed by atoms with Gasteiger partial charge in [0.05, 0.1) is 19.9 Å². The number of rotatable bonds is 7. The summed E-state index contributed by atoms with van der Waals surface area (Å²) in [7, 11) is 3.17. The van der Waals surface area contributed by atoms with Crippen LogP contribution in [0.4, 0.5) is 8.78 Å². The molecule has 1 aromatic heterocycles. The van der Waals surface area contributed by atoms with E-state index in [2.05, 4.69) is 9.47 Å². The molecule has 2 aromatic rings. The maximum Gasteiger partial charge on any atom is 0.387 e. The van der Waals surface area contributed by atoms with Crippen molar-refractivity contribution in [1.29, 1.82) is 0 Å². The second kappa shape index (κ2) is 7.73. The van der Waals surface area contributed by atoms with Gasteiger partial charge < -0.3 is 13.9 Å². The van der Waals surface area contributed by atoms with E-state index in [1.165, 1.54) is 25.5 Å². The topological polar surface area (TPSA) is 51.9 Å². The van der Waals surface area contributed by atoms with Crippen LogP contribution in [0, 0.1) is 0 Å². The van der Waals surface area contributed by atoms with Gasteiger partial charge in [-0.05, 0) is 30.8 Å². The van der Waals surface area contributed by atoms with Gasteiger partial charge in [-0.25, -0.2) is 4.79 Å². The molecule has 0 spiro atoms. The predicted octanol–water partition coefficient (Wildman–Crippen LogP) is 3.30. The van der Waals surface area contributed by atoms with E-state index < -0.39 is 12.6 Å². The Kier molecular flexibility index (Phi) is 5.70. The van der Waals surface area contributed by atoms with Gasteiger partial charge in [0.25, 0.3) is 0 Å². The lowest BCUT2D eigenvalue weighted by Gasteiger charge is -2.16. The fourth-order valence-corrected chi connectivity index (χ4v) is 2.14. The van der Waals surface area contributed by atoms with Crippen molar-refractivity contribution in [1.82, 2.24) is 4.90 Å². The summed E-state index contributed by atoms with van der Waals surface area (Å²) < 4.78 is 38.5. The average molecular weight is 325 g/mol. The highest BCUT2D eigenvalue weighted by Crippen LogP contribution is 2.18. The van der Waals surface area contributed by atoms with E-state index in [1.807, 2.05) is 11.9 Å². The number of alkyl halides is 2. The summed E-state index contributed by atoms with van der Waals surface area (Å²) >= 11 is 0. The number of halogens is 2. The summed E-state index contributed by atoms with van der Waals surface area (Å²) in [6.45, 7) is -1.87. The lowest BCUT2D eigenvalue weighted by atomic mass is 10.2. The van der Waals surface area contributed by atoms with E-state index in [0.717, 1.165) is 5.56 Å². The number of furan rings is 1. The Balaban J connectivity index is 1.96. The Labute approximate surface area is 132 Å². The summed E-state index contributed by atoms with van der Waals surface area (Å²) in [5.74, 6) is 0.179. The van der Waals surface area contributed by atoms with Crippen molar-refractivity contribution in [3.05, 3.63) is 53.5 Å². The zero-order valence-electron chi connectivity index (χ0n) is 12.8. The minimum atomic E-state index is -2.83. The Morgan fingerprint density at radius 3 is 2.52 bits per heavy atom. The van der Waals surface area contributed by atoms with Gasteiger partial charge in [-0.2, -0.15) is 8.78 Å². The van der Waals surface area contributed by atoms with E-state index in [4.69, 9.17) is 4.42 Å². The zero-order chi connectivity index (χ0) is 16.8. The van der Waals surface area contributed by atoms with Gasteiger partial charge in [0.2, 0.25) is 0 Å². The molecular formula is C16H17F2NO4. The fraction of sp³-hybridized carbons (Fsp3) is 0.312. The molecule has 1 aromatic carbocycles. The summed E-state index contributed by atoms with van der Waals surface area (Å²) in [6.07, 6.45) is 1.44. The van der Waals surface area contributed by atoms with Crippen LogP contribution >= 0.6 is 0 Å². The van der Waals surface area contributed by atoms with Gasteiger partial charge >= 0.3 is 12.6 Å². The molecule has 1 heterocycles. The first-order chi connectivity index (χ1) is 11.0. The third-order valence-corrected chi connectivity index (χ3v) is 3.17. The van der Waals surface area contributed by atoms with E-state index in [-0.39, 0.29) is 5.75 Å². The Morgan fingerprint density at radius 2 is 1.91 bits per heavy atom. The van der Waals surface area contributed by atoms with Crippen LogP contribution in [0.2, 0.25) is 0 Å². The van der Waals surface area contributed by atoms with Crippen molar-refractivity contribution in [2.45, 2.75) is 19.7 Å². The van der Waals surface area contributed by atoms with E-state index >= 15 is 0 Å². The van der Waals surface area contributed by atoms with E-state index in [9.17, 15) is 13.6 Å². The first-order valence-corrected chi connectivity index (χ1v) is 6.86. The molecule has 124 valence electrons. The highest BCUT2D eigenvalue weighted by atomic mass is 19.3. The van der Waals surface area contributed by atoms with Crippen LogP contribution in [-0.4, -0.2) is 31.6 Å². The molecule has 7 heteroatoms. The summed E-state index contributed by atoms with van der Waals surface area (Å²) in [6, 6.07) is 7.95. The maximum atomic E-state index is 12.1. The first kappa shape index (κ1) is 17.0. The number of ether oxygens (including phenoxy) is 2. The van der Waals surface area contributed by atoms with Gasteiger partial charge in [-0.1, -0.05) is 12.1 Å². The van der Waals surface area contributed by atoms with E-state index in [0.29, 0.717) is 24.4 Å². The van der Waals surface area contributed by atoms with Crippen LogP contribution < -0.4 is 4.74 Å². The number of carbonyl (C=O) groups is 1. The van der Waals surface area contributed by atoms with Crippen LogP contribution in [0.1, 0.15) is 21.7 Å². The van der Waals surface area contributed by atoms with Crippen molar-refractivity contribution in [3.63, 3.8) is 0 Å². The zero-order valence-corrected chi connectivity index (χ0v) is 12.8. The second-order valence-electron chi connectivity index (χ2n) is 4.94. The average Bonchev–Trinajstić information content (AvgIpc) is 2.96. The smallest absolute Gasteiger partial charge is 0.387 e. The molecule has 0 bridgehead atoms. The van der Waals surface area contributed by atoms with Crippen LogP contribution in [0.3, 0.4) is 0 Å². The molecule has 0 unspecified atom stereocenters. The molecule has 0 saturated carbocycles. The highest BCUT2D eigenvalue weighted by Gasteiger charge is 2.16. The fourth-order valence-electron chi connectivity index (χ4n) is 2.14. The minimum absolute atomic E-state index is 0.116. The molecule has 0 radical (unpaired) electrons. The van der Waals surface area contributed by atoms with Crippen molar-refractivity contribution in [3.8, 4) is 5.75 Å².